The van der Waals surface area contributed by atoms with Gasteiger partial charge in [-0.25, -0.2) is 0 Å². The van der Waals surface area contributed by atoms with Crippen molar-refractivity contribution in [3.05, 3.63) is 48.0 Å². The number of ether oxygens (including phenoxy) is 2. The highest BCUT2D eigenvalue weighted by Gasteiger charge is 2.21. The fourth-order valence-electron chi connectivity index (χ4n) is 3.54. The van der Waals surface area contributed by atoms with Gasteiger partial charge in [0.15, 0.2) is 11.5 Å². The van der Waals surface area contributed by atoms with Crippen LogP contribution >= 0.6 is 0 Å². The zero-order valence-corrected chi connectivity index (χ0v) is 17.8. The average Bonchev–Trinajstić information content (AvgIpc) is 3.15. The molecule has 0 spiro atoms. The molecule has 7 heteroatoms. The van der Waals surface area contributed by atoms with E-state index < -0.39 is 0 Å². The van der Waals surface area contributed by atoms with Crippen molar-refractivity contribution in [2.45, 2.75) is 26.3 Å². The van der Waals surface area contributed by atoms with Crippen molar-refractivity contribution in [1.29, 1.82) is 0 Å². The Morgan fingerprint density at radius 1 is 1.17 bits per heavy atom. The Kier molecular flexibility index (Phi) is 7.30. The minimum atomic E-state index is -0.0969. The molecule has 30 heavy (non-hydrogen) atoms. The molecule has 0 aromatic heterocycles. The van der Waals surface area contributed by atoms with E-state index in [1.54, 1.807) is 12.0 Å². The molecule has 0 aliphatic carbocycles. The van der Waals surface area contributed by atoms with Crippen LogP contribution in [-0.2, 0) is 16.1 Å². The third-order valence-corrected chi connectivity index (χ3v) is 4.93. The van der Waals surface area contributed by atoms with Gasteiger partial charge in [-0.1, -0.05) is 6.07 Å². The zero-order chi connectivity index (χ0) is 21.5. The molecule has 1 aliphatic rings. The second kappa shape index (κ2) is 10.1. The third-order valence-electron chi connectivity index (χ3n) is 4.93. The van der Waals surface area contributed by atoms with E-state index in [1.807, 2.05) is 61.3 Å². The Balaban J connectivity index is 1.52. The first-order chi connectivity index (χ1) is 14.5. The Morgan fingerprint density at radius 3 is 2.57 bits per heavy atom. The summed E-state index contributed by atoms with van der Waals surface area (Å²) in [6.07, 6.45) is 1.49. The largest absolute Gasteiger partial charge is 0.493 e. The maximum atomic E-state index is 12.4. The predicted molar refractivity (Wildman–Crippen MR) is 117 cm³/mol. The zero-order valence-electron chi connectivity index (χ0n) is 17.8. The van der Waals surface area contributed by atoms with E-state index in [4.69, 9.17) is 9.47 Å². The number of anilines is 2. The molecule has 1 aliphatic heterocycles. The molecule has 0 atom stereocenters. The van der Waals surface area contributed by atoms with Crippen LogP contribution in [0.15, 0.2) is 42.5 Å². The maximum absolute atomic E-state index is 12.4. The van der Waals surface area contributed by atoms with Crippen LogP contribution in [0.3, 0.4) is 0 Å². The molecule has 0 saturated carbocycles. The van der Waals surface area contributed by atoms with Crippen LogP contribution in [0.4, 0.5) is 11.4 Å². The van der Waals surface area contributed by atoms with Crippen molar-refractivity contribution in [1.82, 2.24) is 4.90 Å². The minimum Gasteiger partial charge on any atom is -0.493 e. The second-order valence-electron chi connectivity index (χ2n) is 7.33. The maximum Gasteiger partial charge on any atom is 0.238 e. The molecule has 1 heterocycles. The summed E-state index contributed by atoms with van der Waals surface area (Å²) in [5.41, 5.74) is 2.62. The van der Waals surface area contributed by atoms with Crippen LogP contribution in [0.5, 0.6) is 11.5 Å². The molecular weight excluding hydrogens is 382 g/mol. The first kappa shape index (κ1) is 21.6. The summed E-state index contributed by atoms with van der Waals surface area (Å²) in [6, 6.07) is 13.2. The van der Waals surface area contributed by atoms with E-state index in [2.05, 4.69) is 5.32 Å². The van der Waals surface area contributed by atoms with Crippen LogP contribution in [0.25, 0.3) is 0 Å². The number of methoxy groups -OCH3 is 1. The number of hydrogen-bond donors (Lipinski definition) is 1. The van der Waals surface area contributed by atoms with Gasteiger partial charge in [-0.2, -0.15) is 0 Å². The lowest BCUT2D eigenvalue weighted by molar-refractivity contribution is -0.117. The molecule has 160 valence electrons. The van der Waals surface area contributed by atoms with Gasteiger partial charge < -0.3 is 19.7 Å². The van der Waals surface area contributed by atoms with E-state index in [1.165, 1.54) is 0 Å². The highest BCUT2D eigenvalue weighted by Crippen LogP contribution is 2.28. The number of carbonyl (C=O) groups excluding carboxylic acids is 2. The number of likely N-dealkylation sites (N-methyl/N-ethyl adjacent to an activating group) is 1. The highest BCUT2D eigenvalue weighted by molar-refractivity contribution is 5.96. The third kappa shape index (κ3) is 5.51. The quantitative estimate of drug-likeness (QED) is 0.686. The molecular formula is C23H29N3O4. The van der Waals surface area contributed by atoms with E-state index in [0.717, 1.165) is 24.2 Å². The first-order valence-electron chi connectivity index (χ1n) is 10.2. The fourth-order valence-corrected chi connectivity index (χ4v) is 3.54. The van der Waals surface area contributed by atoms with Crippen molar-refractivity contribution in [2.75, 3.05) is 44.1 Å². The van der Waals surface area contributed by atoms with Crippen LogP contribution < -0.4 is 19.7 Å². The van der Waals surface area contributed by atoms with Crippen molar-refractivity contribution in [3.8, 4) is 11.5 Å². The number of amides is 2. The normalized spacial score (nSPS) is 13.6. The van der Waals surface area contributed by atoms with E-state index >= 15 is 0 Å². The summed E-state index contributed by atoms with van der Waals surface area (Å²) >= 11 is 0. The highest BCUT2D eigenvalue weighted by atomic mass is 16.5. The lowest BCUT2D eigenvalue weighted by Crippen LogP contribution is -2.29. The van der Waals surface area contributed by atoms with Gasteiger partial charge in [0.05, 0.1) is 20.3 Å². The van der Waals surface area contributed by atoms with Gasteiger partial charge in [0.25, 0.3) is 0 Å². The van der Waals surface area contributed by atoms with Gasteiger partial charge in [-0.15, -0.1) is 0 Å². The number of benzene rings is 2. The monoisotopic (exact) mass is 411 g/mol. The van der Waals surface area contributed by atoms with Crippen LogP contribution in [-0.4, -0.2) is 50.6 Å². The van der Waals surface area contributed by atoms with Gasteiger partial charge in [0.2, 0.25) is 11.8 Å². The van der Waals surface area contributed by atoms with Crippen molar-refractivity contribution >= 4 is 23.2 Å². The van der Waals surface area contributed by atoms with Crippen LogP contribution in [0.2, 0.25) is 0 Å². The van der Waals surface area contributed by atoms with E-state index in [-0.39, 0.29) is 18.4 Å². The lowest BCUT2D eigenvalue weighted by Gasteiger charge is -2.18. The smallest absolute Gasteiger partial charge is 0.238 e. The predicted octanol–water partition coefficient (Wildman–Crippen LogP) is 3.29. The van der Waals surface area contributed by atoms with Gasteiger partial charge in [0.1, 0.15) is 0 Å². The van der Waals surface area contributed by atoms with Gasteiger partial charge in [0, 0.05) is 30.9 Å². The summed E-state index contributed by atoms with van der Waals surface area (Å²) in [7, 11) is 3.51. The Morgan fingerprint density at radius 2 is 1.93 bits per heavy atom. The summed E-state index contributed by atoms with van der Waals surface area (Å²) < 4.78 is 10.9. The Bertz CT molecular complexity index is 883. The molecule has 1 saturated heterocycles. The SMILES string of the molecule is CCOc1ccc(CN(C)CC(=O)Nc2ccc(N3CCCC3=O)cc2)cc1OC. The summed E-state index contributed by atoms with van der Waals surface area (Å²) in [5.74, 6) is 1.45. The van der Waals surface area contributed by atoms with Crippen molar-refractivity contribution in [3.63, 3.8) is 0 Å². The molecule has 2 aromatic carbocycles. The molecule has 0 radical (unpaired) electrons. The molecule has 2 aromatic rings. The first-order valence-corrected chi connectivity index (χ1v) is 10.2. The number of hydrogen-bond acceptors (Lipinski definition) is 5. The minimum absolute atomic E-state index is 0.0969. The van der Waals surface area contributed by atoms with Crippen molar-refractivity contribution < 1.29 is 19.1 Å². The summed E-state index contributed by atoms with van der Waals surface area (Å²) in [4.78, 5) is 28.0. The molecule has 2 amide bonds. The molecule has 0 unspecified atom stereocenters. The lowest BCUT2D eigenvalue weighted by atomic mass is 10.2. The Labute approximate surface area is 177 Å². The summed E-state index contributed by atoms with van der Waals surface area (Å²) in [6.45, 7) is 4.12. The van der Waals surface area contributed by atoms with Gasteiger partial charge >= 0.3 is 0 Å². The molecule has 3 rings (SSSR count). The summed E-state index contributed by atoms with van der Waals surface area (Å²) in [5, 5.41) is 2.91. The average molecular weight is 412 g/mol. The number of nitrogens with one attached hydrogen (secondary N) is 1. The van der Waals surface area contributed by atoms with E-state index in [0.29, 0.717) is 36.8 Å². The molecule has 1 fully saturated rings. The Hall–Kier alpha value is -3.06. The molecule has 7 nitrogen and oxygen atoms in total. The van der Waals surface area contributed by atoms with Crippen LogP contribution in [0.1, 0.15) is 25.3 Å². The molecule has 1 N–H and O–H groups in total. The fraction of sp³-hybridized carbons (Fsp3) is 0.391. The number of carbonyl (C=O) groups is 2. The molecule has 0 bridgehead atoms. The van der Waals surface area contributed by atoms with Crippen LogP contribution in [0, 0.1) is 0 Å². The standard InChI is InChI=1S/C23H29N3O4/c1-4-30-20-12-7-17(14-21(20)29-3)15-25(2)16-22(27)24-18-8-10-19(11-9-18)26-13-5-6-23(26)28/h7-12,14H,4-6,13,15-16H2,1-3H3,(H,24,27). The number of nitrogens with zero attached hydrogens (tertiary/aromatic N) is 2. The van der Waals surface area contributed by atoms with E-state index in [9.17, 15) is 9.59 Å². The van der Waals surface area contributed by atoms with Crippen molar-refractivity contribution in [2.24, 2.45) is 0 Å². The second-order valence-corrected chi connectivity index (χ2v) is 7.33. The van der Waals surface area contributed by atoms with Gasteiger partial charge in [-0.05, 0) is 62.4 Å². The topological polar surface area (TPSA) is 71.1 Å². The number of rotatable bonds is 9. The van der Waals surface area contributed by atoms with Gasteiger partial charge in [-0.3, -0.25) is 14.5 Å².